The molecule has 1 saturated carbocycles. The first-order chi connectivity index (χ1) is 8.83. The fraction of sp³-hybridized carbons (Fsp3) is 1.00. The minimum Gasteiger partial charge on any atom is -1.00 e. The molecule has 0 bridgehead atoms. The van der Waals surface area contributed by atoms with Crippen LogP contribution in [-0.4, -0.2) is 63.3 Å². The van der Waals surface area contributed by atoms with Gasteiger partial charge in [0.2, 0.25) is 0 Å². The lowest BCUT2D eigenvalue weighted by Gasteiger charge is -2.48. The first-order valence-corrected chi connectivity index (χ1v) is 8.47. The van der Waals surface area contributed by atoms with E-state index in [4.69, 9.17) is 0 Å². The molecule has 2 rings (SSSR count). The second-order valence-electron chi connectivity index (χ2n) is 8.72. The highest BCUT2D eigenvalue weighted by molar-refractivity contribution is 4.85. The summed E-state index contributed by atoms with van der Waals surface area (Å²) in [5.41, 5.74) is 0.774. The second kappa shape index (κ2) is 9.02. The van der Waals surface area contributed by atoms with Crippen molar-refractivity contribution in [2.75, 3.05) is 54.4 Å². The average Bonchev–Trinajstić information content (AvgIpc) is 2.34. The molecule has 1 saturated heterocycles. The van der Waals surface area contributed by atoms with Crippen LogP contribution in [0.2, 0.25) is 0 Å². The maximum Gasteiger partial charge on any atom is 0.0838 e. The molecule has 0 aromatic heterocycles. The van der Waals surface area contributed by atoms with E-state index < -0.39 is 0 Å². The van der Waals surface area contributed by atoms with Crippen molar-refractivity contribution in [2.24, 2.45) is 5.41 Å². The van der Waals surface area contributed by atoms with Crippen molar-refractivity contribution in [2.45, 2.75) is 51.4 Å². The lowest BCUT2D eigenvalue weighted by Crippen LogP contribution is -3.00. The van der Waals surface area contributed by atoms with E-state index in [0.29, 0.717) is 0 Å². The number of quaternary nitrogens is 2. The van der Waals surface area contributed by atoms with Gasteiger partial charge in [0.1, 0.15) is 0 Å². The average molecular weight is 522 g/mol. The van der Waals surface area contributed by atoms with Crippen LogP contribution in [-0.2, 0) is 0 Å². The first kappa shape index (κ1) is 22.4. The first-order valence-electron chi connectivity index (χ1n) is 8.47. The molecule has 0 aromatic rings. The molecule has 2 aliphatic rings. The summed E-state index contributed by atoms with van der Waals surface area (Å²) < 4.78 is 2.46. The van der Waals surface area contributed by atoms with E-state index >= 15 is 0 Å². The highest BCUT2D eigenvalue weighted by Crippen LogP contribution is 2.45. The monoisotopic (exact) mass is 522 g/mol. The van der Waals surface area contributed by atoms with Gasteiger partial charge in [-0.3, -0.25) is 0 Å². The molecule has 0 amide bonds. The summed E-state index contributed by atoms with van der Waals surface area (Å²) in [5.74, 6) is 0. The smallest absolute Gasteiger partial charge is 0.0838 e. The summed E-state index contributed by atoms with van der Waals surface area (Å²) in [5, 5.41) is 0. The van der Waals surface area contributed by atoms with Gasteiger partial charge in [0, 0.05) is 19.3 Å². The number of likely N-dealkylation sites (tertiary alicyclic amines) is 1. The van der Waals surface area contributed by atoms with E-state index in [-0.39, 0.29) is 48.0 Å². The van der Waals surface area contributed by atoms with Crippen molar-refractivity contribution >= 4 is 0 Å². The minimum atomic E-state index is 0. The summed E-state index contributed by atoms with van der Waals surface area (Å²) in [6.45, 7) is 5.60. The van der Waals surface area contributed by atoms with Crippen LogP contribution < -0.4 is 48.0 Å². The Morgan fingerprint density at radius 3 is 1.86 bits per heavy atom. The van der Waals surface area contributed by atoms with E-state index in [1.165, 1.54) is 82.0 Å². The Morgan fingerprint density at radius 1 is 0.857 bits per heavy atom. The SMILES string of the molecule is C[N+](C)(C)CCC[N+]1(C)CCC2(CCCCC2)CC1.[I-].[I-]. The van der Waals surface area contributed by atoms with E-state index in [9.17, 15) is 0 Å². The van der Waals surface area contributed by atoms with Crippen LogP contribution >= 0.6 is 0 Å². The lowest BCUT2D eigenvalue weighted by atomic mass is 9.67. The Hall–Kier alpha value is 1.38. The maximum absolute atomic E-state index is 2.51. The van der Waals surface area contributed by atoms with Crippen LogP contribution in [0.15, 0.2) is 0 Å². The van der Waals surface area contributed by atoms with Crippen LogP contribution in [0.25, 0.3) is 0 Å². The van der Waals surface area contributed by atoms with Crippen LogP contribution in [0.4, 0.5) is 0 Å². The molecule has 1 spiro atoms. The summed E-state index contributed by atoms with van der Waals surface area (Å²) in [7, 11) is 9.44. The number of nitrogens with zero attached hydrogens (tertiary/aromatic N) is 2. The van der Waals surface area contributed by atoms with E-state index in [0.717, 1.165) is 9.90 Å². The van der Waals surface area contributed by atoms with Crippen LogP contribution in [0.1, 0.15) is 51.4 Å². The molecule has 0 unspecified atom stereocenters. The molecule has 2 fully saturated rings. The summed E-state index contributed by atoms with van der Waals surface area (Å²) in [6.07, 6.45) is 12.0. The van der Waals surface area contributed by atoms with Crippen molar-refractivity contribution in [3.05, 3.63) is 0 Å². The van der Waals surface area contributed by atoms with Gasteiger partial charge in [-0.15, -0.1) is 0 Å². The Kier molecular flexibility index (Phi) is 9.61. The molecule has 21 heavy (non-hydrogen) atoms. The van der Waals surface area contributed by atoms with Gasteiger partial charge in [-0.2, -0.15) is 0 Å². The third kappa shape index (κ3) is 7.21. The van der Waals surface area contributed by atoms with Crippen molar-refractivity contribution in [1.82, 2.24) is 0 Å². The number of piperidine rings is 1. The highest BCUT2D eigenvalue weighted by Gasteiger charge is 2.40. The van der Waals surface area contributed by atoms with Gasteiger partial charge in [-0.05, 0) is 18.3 Å². The standard InChI is InChI=1S/C17H36N2.2HI/c1-18(2,3)13-8-14-19(4)15-11-17(12-16-19)9-6-5-7-10-17;;/h5-16H2,1-4H3;2*1H/q+2;;/p-2. The van der Waals surface area contributed by atoms with E-state index in [1.807, 2.05) is 0 Å². The van der Waals surface area contributed by atoms with Gasteiger partial charge in [0.05, 0.1) is 54.4 Å². The quantitative estimate of drug-likeness (QED) is 0.279. The molecular formula is C17H36I2N2. The number of hydrogen-bond acceptors (Lipinski definition) is 0. The number of hydrogen-bond donors (Lipinski definition) is 0. The largest absolute Gasteiger partial charge is 1.00 e. The fourth-order valence-corrected chi connectivity index (χ4v) is 4.20. The van der Waals surface area contributed by atoms with Crippen LogP contribution in [0.3, 0.4) is 0 Å². The van der Waals surface area contributed by atoms with Crippen LogP contribution in [0.5, 0.6) is 0 Å². The molecule has 0 aromatic carbocycles. The predicted molar refractivity (Wildman–Crippen MR) is 83.1 cm³/mol. The number of rotatable bonds is 4. The maximum atomic E-state index is 2.51. The zero-order valence-corrected chi connectivity index (χ0v) is 19.0. The topological polar surface area (TPSA) is 0 Å². The molecular weight excluding hydrogens is 486 g/mol. The van der Waals surface area contributed by atoms with Gasteiger partial charge >= 0.3 is 0 Å². The zero-order chi connectivity index (χ0) is 14.0. The summed E-state index contributed by atoms with van der Waals surface area (Å²) in [4.78, 5) is 0. The molecule has 0 N–H and O–H groups in total. The summed E-state index contributed by atoms with van der Waals surface area (Å²) >= 11 is 0. The van der Waals surface area contributed by atoms with Crippen molar-refractivity contribution in [3.8, 4) is 0 Å². The predicted octanol–water partition coefficient (Wildman–Crippen LogP) is -2.72. The molecule has 2 nitrogen and oxygen atoms in total. The molecule has 1 aliphatic heterocycles. The fourth-order valence-electron chi connectivity index (χ4n) is 4.20. The Labute approximate surface area is 167 Å². The second-order valence-corrected chi connectivity index (χ2v) is 8.72. The third-order valence-electron chi connectivity index (χ3n) is 5.81. The van der Waals surface area contributed by atoms with Gasteiger partial charge in [-0.1, -0.05) is 19.3 Å². The Bertz CT molecular complexity index is 284. The molecule has 128 valence electrons. The molecule has 1 heterocycles. The molecule has 4 heteroatoms. The Morgan fingerprint density at radius 2 is 1.38 bits per heavy atom. The van der Waals surface area contributed by atoms with Gasteiger partial charge in [-0.25, -0.2) is 0 Å². The summed E-state index contributed by atoms with van der Waals surface area (Å²) in [6, 6.07) is 0. The zero-order valence-electron chi connectivity index (χ0n) is 14.6. The van der Waals surface area contributed by atoms with Crippen LogP contribution in [0, 0.1) is 5.41 Å². The van der Waals surface area contributed by atoms with Crippen molar-refractivity contribution < 1.29 is 56.9 Å². The molecule has 1 aliphatic carbocycles. The Balaban J connectivity index is 0.00000200. The van der Waals surface area contributed by atoms with E-state index in [1.54, 1.807) is 0 Å². The molecule has 0 radical (unpaired) electrons. The van der Waals surface area contributed by atoms with Crippen molar-refractivity contribution in [1.29, 1.82) is 0 Å². The minimum absolute atomic E-state index is 0. The normalized spacial score (nSPS) is 24.0. The number of halogens is 2. The van der Waals surface area contributed by atoms with E-state index in [2.05, 4.69) is 28.2 Å². The van der Waals surface area contributed by atoms with Gasteiger partial charge in [0.15, 0.2) is 0 Å². The van der Waals surface area contributed by atoms with Crippen molar-refractivity contribution in [3.63, 3.8) is 0 Å². The van der Waals surface area contributed by atoms with Gasteiger partial charge < -0.3 is 56.9 Å². The highest BCUT2D eigenvalue weighted by atomic mass is 127. The molecule has 0 atom stereocenters. The third-order valence-corrected chi connectivity index (χ3v) is 5.81. The lowest BCUT2D eigenvalue weighted by molar-refractivity contribution is -0.923. The van der Waals surface area contributed by atoms with Gasteiger partial charge in [0.25, 0.3) is 0 Å².